The zero-order valence-electron chi connectivity index (χ0n) is 17.0. The topological polar surface area (TPSA) is 62.3 Å². The Bertz CT molecular complexity index is 1020. The Labute approximate surface area is 180 Å². The third kappa shape index (κ3) is 4.44. The zero-order valence-corrected chi connectivity index (χ0v) is 17.8. The fourth-order valence-corrected chi connectivity index (χ4v) is 4.80. The maximum atomic E-state index is 12.9. The van der Waals surface area contributed by atoms with E-state index in [2.05, 4.69) is 10.3 Å². The van der Waals surface area contributed by atoms with Crippen molar-refractivity contribution in [1.29, 1.82) is 0 Å². The number of nitrogens with one attached hydrogen (secondary N) is 1. The maximum Gasteiger partial charge on any atom is 0.275 e. The van der Waals surface area contributed by atoms with E-state index in [9.17, 15) is 9.59 Å². The molecule has 1 aromatic heterocycles. The highest BCUT2D eigenvalue weighted by Gasteiger charge is 2.25. The first kappa shape index (κ1) is 20.3. The minimum absolute atomic E-state index is 0.195. The number of anilines is 1. The Morgan fingerprint density at radius 2 is 1.77 bits per heavy atom. The van der Waals surface area contributed by atoms with Crippen LogP contribution in [-0.2, 0) is 4.79 Å². The molecule has 3 aromatic rings. The van der Waals surface area contributed by atoms with Crippen molar-refractivity contribution < 1.29 is 9.59 Å². The molecule has 30 heavy (non-hydrogen) atoms. The van der Waals surface area contributed by atoms with E-state index in [-0.39, 0.29) is 11.8 Å². The van der Waals surface area contributed by atoms with Crippen LogP contribution in [0.2, 0.25) is 0 Å². The quantitative estimate of drug-likeness (QED) is 0.620. The molecule has 0 spiro atoms. The molecule has 1 aliphatic rings. The summed E-state index contributed by atoms with van der Waals surface area (Å²) in [5.74, 6) is 0.332. The van der Waals surface area contributed by atoms with Crippen molar-refractivity contribution >= 4 is 28.8 Å². The second-order valence-electron chi connectivity index (χ2n) is 7.45. The largest absolute Gasteiger partial charge is 0.343 e. The summed E-state index contributed by atoms with van der Waals surface area (Å²) >= 11 is 1.54. The van der Waals surface area contributed by atoms with Crippen molar-refractivity contribution in [3.8, 4) is 11.1 Å². The van der Waals surface area contributed by atoms with Crippen molar-refractivity contribution in [2.45, 2.75) is 32.1 Å². The van der Waals surface area contributed by atoms with Crippen LogP contribution in [0.5, 0.6) is 0 Å². The molecule has 1 N–H and O–H groups in total. The van der Waals surface area contributed by atoms with Crippen LogP contribution in [-0.4, -0.2) is 34.8 Å². The van der Waals surface area contributed by atoms with E-state index in [1.165, 1.54) is 11.3 Å². The van der Waals surface area contributed by atoms with E-state index in [4.69, 9.17) is 0 Å². The number of thiazole rings is 1. The number of benzene rings is 2. The van der Waals surface area contributed by atoms with Crippen LogP contribution < -0.4 is 5.32 Å². The van der Waals surface area contributed by atoms with Gasteiger partial charge in [-0.05, 0) is 24.5 Å². The predicted molar refractivity (Wildman–Crippen MR) is 121 cm³/mol. The molecule has 0 radical (unpaired) electrons. The summed E-state index contributed by atoms with van der Waals surface area (Å²) in [4.78, 5) is 31.3. The van der Waals surface area contributed by atoms with Gasteiger partial charge < -0.3 is 10.2 Å². The lowest BCUT2D eigenvalue weighted by molar-refractivity contribution is -0.131. The average Bonchev–Trinajstić information content (AvgIpc) is 3.30. The van der Waals surface area contributed by atoms with E-state index >= 15 is 0 Å². The Morgan fingerprint density at radius 3 is 2.50 bits per heavy atom. The number of piperidine rings is 1. The summed E-state index contributed by atoms with van der Waals surface area (Å²) in [6.45, 7) is 3.43. The lowest BCUT2D eigenvalue weighted by Gasteiger charge is -2.30. The van der Waals surface area contributed by atoms with Crippen molar-refractivity contribution in [3.05, 3.63) is 70.7 Å². The van der Waals surface area contributed by atoms with E-state index in [1.54, 1.807) is 0 Å². The minimum Gasteiger partial charge on any atom is -0.343 e. The lowest BCUT2D eigenvalue weighted by Crippen LogP contribution is -2.37. The average molecular weight is 420 g/mol. The van der Waals surface area contributed by atoms with Crippen LogP contribution in [0.25, 0.3) is 11.1 Å². The van der Waals surface area contributed by atoms with Crippen LogP contribution >= 0.6 is 11.3 Å². The molecular weight excluding hydrogens is 394 g/mol. The van der Waals surface area contributed by atoms with Crippen molar-refractivity contribution in [1.82, 2.24) is 9.88 Å². The predicted octanol–water partition coefficient (Wildman–Crippen LogP) is 5.18. The Morgan fingerprint density at radius 1 is 1.07 bits per heavy atom. The Kier molecular flexibility index (Phi) is 6.23. The van der Waals surface area contributed by atoms with Crippen molar-refractivity contribution in [3.63, 3.8) is 0 Å². The lowest BCUT2D eigenvalue weighted by atomic mass is 9.97. The number of rotatable bonds is 5. The second-order valence-corrected chi connectivity index (χ2v) is 8.34. The molecular formula is C24H25N3O2S. The van der Waals surface area contributed by atoms with Gasteiger partial charge in [-0.1, -0.05) is 55.5 Å². The molecule has 1 fully saturated rings. The highest BCUT2D eigenvalue weighted by Crippen LogP contribution is 2.31. The van der Waals surface area contributed by atoms with Gasteiger partial charge in [0.1, 0.15) is 5.69 Å². The molecule has 0 bridgehead atoms. The SMILES string of the molecule is CCC(=O)N1CCC(c2nc(C(=O)Nc3ccccc3-c3ccccc3)cs2)CC1. The summed E-state index contributed by atoms with van der Waals surface area (Å²) in [6.07, 6.45) is 2.35. The van der Waals surface area contributed by atoms with Gasteiger partial charge in [-0.15, -0.1) is 11.3 Å². The molecule has 0 atom stereocenters. The van der Waals surface area contributed by atoms with Crippen LogP contribution in [0, 0.1) is 0 Å². The summed E-state index contributed by atoms with van der Waals surface area (Å²) in [6, 6.07) is 17.8. The number of para-hydroxylation sites is 1. The number of aromatic nitrogens is 1. The van der Waals surface area contributed by atoms with Gasteiger partial charge in [-0.3, -0.25) is 9.59 Å². The molecule has 1 saturated heterocycles. The molecule has 1 aliphatic heterocycles. The number of nitrogens with zero attached hydrogens (tertiary/aromatic N) is 2. The molecule has 5 nitrogen and oxygen atoms in total. The minimum atomic E-state index is -0.195. The van der Waals surface area contributed by atoms with Crippen LogP contribution in [0.1, 0.15) is 47.6 Å². The third-order valence-electron chi connectivity index (χ3n) is 5.51. The number of amides is 2. The number of carbonyl (C=O) groups is 2. The van der Waals surface area contributed by atoms with Crippen molar-refractivity contribution in [2.75, 3.05) is 18.4 Å². The first-order chi connectivity index (χ1) is 14.7. The third-order valence-corrected chi connectivity index (χ3v) is 6.52. The summed E-state index contributed by atoms with van der Waals surface area (Å²) in [5.41, 5.74) is 3.26. The molecule has 154 valence electrons. The fourth-order valence-electron chi connectivity index (χ4n) is 3.83. The first-order valence-corrected chi connectivity index (χ1v) is 11.2. The van der Waals surface area contributed by atoms with Gasteiger partial charge >= 0.3 is 0 Å². The van der Waals surface area contributed by atoms with E-state index in [0.29, 0.717) is 18.0 Å². The summed E-state index contributed by atoms with van der Waals surface area (Å²) in [5, 5.41) is 5.84. The standard InChI is InChI=1S/C24H25N3O2S/c1-2-22(28)27-14-12-18(13-15-27)24-26-21(16-30-24)23(29)25-20-11-7-6-10-19(20)17-8-4-3-5-9-17/h3-11,16,18H,2,12-15H2,1H3,(H,25,29). The summed E-state index contributed by atoms with van der Waals surface area (Å²) < 4.78 is 0. The number of hydrogen-bond donors (Lipinski definition) is 1. The monoisotopic (exact) mass is 419 g/mol. The van der Waals surface area contributed by atoms with Gasteiger partial charge in [-0.2, -0.15) is 0 Å². The van der Waals surface area contributed by atoms with E-state index in [0.717, 1.165) is 47.8 Å². The van der Waals surface area contributed by atoms with E-state index < -0.39 is 0 Å². The van der Waals surface area contributed by atoms with Gasteiger partial charge in [0.2, 0.25) is 5.91 Å². The Hall–Kier alpha value is -2.99. The second kappa shape index (κ2) is 9.22. The van der Waals surface area contributed by atoms with Crippen LogP contribution in [0.3, 0.4) is 0 Å². The fraction of sp³-hybridized carbons (Fsp3) is 0.292. The smallest absolute Gasteiger partial charge is 0.275 e. The normalized spacial score (nSPS) is 14.5. The first-order valence-electron chi connectivity index (χ1n) is 10.3. The molecule has 0 aliphatic carbocycles. The molecule has 2 heterocycles. The van der Waals surface area contributed by atoms with Gasteiger partial charge in [-0.25, -0.2) is 4.98 Å². The van der Waals surface area contributed by atoms with Crippen LogP contribution in [0.4, 0.5) is 5.69 Å². The Balaban J connectivity index is 1.44. The van der Waals surface area contributed by atoms with Crippen LogP contribution in [0.15, 0.2) is 60.0 Å². The van der Waals surface area contributed by atoms with E-state index in [1.807, 2.05) is 71.8 Å². The summed E-state index contributed by atoms with van der Waals surface area (Å²) in [7, 11) is 0. The molecule has 0 unspecified atom stereocenters. The van der Waals surface area contributed by atoms with Gasteiger partial charge in [0.05, 0.1) is 5.01 Å². The number of carbonyl (C=O) groups excluding carboxylic acids is 2. The van der Waals surface area contributed by atoms with Gasteiger partial charge in [0.15, 0.2) is 0 Å². The molecule has 6 heteroatoms. The zero-order chi connectivity index (χ0) is 20.9. The molecule has 4 rings (SSSR count). The van der Waals surface area contributed by atoms with Gasteiger partial charge in [0, 0.05) is 42.1 Å². The number of likely N-dealkylation sites (tertiary alicyclic amines) is 1. The molecule has 2 aromatic carbocycles. The number of hydrogen-bond acceptors (Lipinski definition) is 4. The molecule has 2 amide bonds. The molecule has 0 saturated carbocycles. The maximum absolute atomic E-state index is 12.9. The highest BCUT2D eigenvalue weighted by molar-refractivity contribution is 7.10. The van der Waals surface area contributed by atoms with Gasteiger partial charge in [0.25, 0.3) is 5.91 Å². The van der Waals surface area contributed by atoms with Crippen molar-refractivity contribution in [2.24, 2.45) is 0 Å². The highest BCUT2D eigenvalue weighted by atomic mass is 32.1.